The monoisotopic (exact) mass is 712 g/mol. The van der Waals surface area contributed by atoms with Gasteiger partial charge in [0, 0.05) is 45.8 Å². The smallest absolute Gasteiger partial charge is 0.227 e. The lowest BCUT2D eigenvalue weighted by atomic mass is 9.45. The molecule has 4 fully saturated rings. The predicted octanol–water partition coefficient (Wildman–Crippen LogP) is 5.35. The van der Waals surface area contributed by atoms with E-state index in [0.29, 0.717) is 57.1 Å². The van der Waals surface area contributed by atoms with Gasteiger partial charge in [0.2, 0.25) is 17.1 Å². The van der Waals surface area contributed by atoms with Crippen LogP contribution in [0.5, 0.6) is 0 Å². The van der Waals surface area contributed by atoms with Crippen LogP contribution in [-0.4, -0.2) is 30.9 Å². The van der Waals surface area contributed by atoms with Crippen LogP contribution in [0.3, 0.4) is 0 Å². The van der Waals surface area contributed by atoms with Crippen molar-refractivity contribution in [1.82, 2.24) is 30.9 Å². The van der Waals surface area contributed by atoms with Crippen LogP contribution in [0.2, 0.25) is 0 Å². The van der Waals surface area contributed by atoms with Crippen LogP contribution in [0.1, 0.15) is 149 Å². The Morgan fingerprint density at radius 3 is 1.73 bits per heavy atom. The Bertz CT molecular complexity index is 2000. The lowest BCUT2D eigenvalue weighted by Gasteiger charge is -2.58. The van der Waals surface area contributed by atoms with Gasteiger partial charge in [-0.15, -0.1) is 0 Å². The zero-order valence-corrected chi connectivity index (χ0v) is 30.5. The van der Waals surface area contributed by atoms with Crippen LogP contribution in [0, 0.1) is 56.8 Å². The summed E-state index contributed by atoms with van der Waals surface area (Å²) in [5, 5.41) is 49.3. The summed E-state index contributed by atoms with van der Waals surface area (Å²) in [5.41, 5.74) is 8.21. The molecule has 0 aromatic carbocycles. The SMILES string of the molecule is C[C@]12CCc3nonc3[C@@H]1CC[C@@H]1[C@@H]2CC[C@]2(C)c3c(no[n+]3[O-])C[C@@H]12.C[C@]12CCc3nonc3[C@@H]1CC[C@@H]1[C@@H]2CC[C@]2(C)c3no[n+]([O-])c3C[C@@H]12. The zero-order valence-electron chi connectivity index (χ0n) is 30.5. The Morgan fingerprint density at radius 2 is 1.12 bits per heavy atom. The molecule has 14 heteroatoms. The second kappa shape index (κ2) is 10.4. The van der Waals surface area contributed by atoms with E-state index >= 15 is 0 Å². The Balaban J connectivity index is 0.000000123. The molecule has 12 atom stereocenters. The molecule has 0 unspecified atom stereocenters. The molecule has 0 saturated heterocycles. The van der Waals surface area contributed by atoms with Crippen LogP contribution in [0.4, 0.5) is 0 Å². The third kappa shape index (κ3) is 3.86. The molecule has 0 radical (unpaired) electrons. The van der Waals surface area contributed by atoms with E-state index in [1.54, 1.807) is 0 Å². The van der Waals surface area contributed by atoms with Crippen LogP contribution in [0.15, 0.2) is 18.5 Å². The van der Waals surface area contributed by atoms with Gasteiger partial charge in [-0.3, -0.25) is 9.26 Å². The second-order valence-corrected chi connectivity index (χ2v) is 19.0. The first-order valence-corrected chi connectivity index (χ1v) is 19.9. The van der Waals surface area contributed by atoms with E-state index in [1.807, 2.05) is 0 Å². The Morgan fingerprint density at radius 1 is 0.558 bits per heavy atom. The molecular formula is C38H48N8O6. The van der Waals surface area contributed by atoms with E-state index in [0.717, 1.165) is 116 Å². The van der Waals surface area contributed by atoms with Crippen molar-refractivity contribution in [3.05, 3.63) is 56.0 Å². The molecule has 0 amide bonds. The fraction of sp³-hybridized carbons (Fsp3) is 0.789. The number of aromatic nitrogens is 8. The molecular weight excluding hydrogens is 664 g/mol. The largest absolute Gasteiger partial charge is 0.359 e. The molecule has 276 valence electrons. The van der Waals surface area contributed by atoms with Crippen molar-refractivity contribution in [2.75, 3.05) is 0 Å². The molecule has 52 heavy (non-hydrogen) atoms. The number of fused-ring (bicyclic) bond motifs is 18. The number of hydrogen-bond donors (Lipinski definition) is 0. The number of rotatable bonds is 0. The van der Waals surface area contributed by atoms with Crippen molar-refractivity contribution in [3.8, 4) is 0 Å². The normalized spacial score (nSPS) is 43.2. The third-order valence-electron chi connectivity index (χ3n) is 17.4. The average Bonchev–Trinajstić information content (AvgIpc) is 3.98. The summed E-state index contributed by atoms with van der Waals surface area (Å²) in [6, 6.07) is 0. The highest BCUT2D eigenvalue weighted by molar-refractivity contribution is 5.33. The van der Waals surface area contributed by atoms with Crippen molar-refractivity contribution in [3.63, 3.8) is 0 Å². The van der Waals surface area contributed by atoms with Gasteiger partial charge in [0.15, 0.2) is 5.69 Å². The maximum atomic E-state index is 12.2. The van der Waals surface area contributed by atoms with Crippen LogP contribution in [0.25, 0.3) is 0 Å². The standard InChI is InChI=1S/2C19H24N4O3/c1-18-8-6-14-16(21-25-20-14)12(18)4-3-10-11(18)5-7-19(2)13(10)9-15-17(19)22-26-23(15)24;1-18-8-6-14-16(22-25-20-14)12(18)4-3-10-11(18)5-7-19(2)13(10)9-15-17(19)23(24)26-21-15/h2*10-13H,3-9H2,1-2H3/t2*10-,11+,12+,13+,18-,19+/m11/s1. The molecule has 0 spiro atoms. The Hall–Kier alpha value is -3.84. The van der Waals surface area contributed by atoms with E-state index in [-0.39, 0.29) is 21.7 Å². The van der Waals surface area contributed by atoms with Crippen LogP contribution in [-0.2, 0) is 36.5 Å². The maximum Gasteiger partial charge on any atom is 0.227 e. The first kappa shape index (κ1) is 31.7. The minimum atomic E-state index is -0.0866. The van der Waals surface area contributed by atoms with Crippen molar-refractivity contribution < 1.29 is 28.3 Å². The van der Waals surface area contributed by atoms with Crippen molar-refractivity contribution in [1.29, 1.82) is 0 Å². The first-order chi connectivity index (χ1) is 25.0. The van der Waals surface area contributed by atoms with Crippen molar-refractivity contribution in [2.45, 2.75) is 140 Å². The highest BCUT2D eigenvalue weighted by Gasteiger charge is 2.65. The van der Waals surface area contributed by atoms with Gasteiger partial charge in [-0.2, -0.15) is 0 Å². The maximum absolute atomic E-state index is 12.2. The van der Waals surface area contributed by atoms with E-state index < -0.39 is 0 Å². The van der Waals surface area contributed by atoms with Crippen LogP contribution >= 0.6 is 0 Å². The van der Waals surface area contributed by atoms with Gasteiger partial charge in [-0.1, -0.05) is 48.3 Å². The molecule has 14 nitrogen and oxygen atoms in total. The summed E-state index contributed by atoms with van der Waals surface area (Å²) in [4.78, 5) is 1.33. The lowest BCUT2D eigenvalue weighted by Crippen LogP contribution is -2.54. The molecule has 4 aromatic heterocycles. The van der Waals surface area contributed by atoms with E-state index in [9.17, 15) is 10.4 Å². The number of nitrogens with zero attached hydrogens (tertiary/aromatic N) is 8. The van der Waals surface area contributed by atoms with Gasteiger partial charge < -0.3 is 10.4 Å². The van der Waals surface area contributed by atoms with Crippen molar-refractivity contribution >= 4 is 0 Å². The molecule has 12 rings (SSSR count). The highest BCUT2D eigenvalue weighted by atomic mass is 16.8. The predicted molar refractivity (Wildman–Crippen MR) is 178 cm³/mol. The molecule has 4 saturated carbocycles. The second-order valence-electron chi connectivity index (χ2n) is 19.0. The molecule has 0 bridgehead atoms. The minimum absolute atomic E-state index is 0.00582. The van der Waals surface area contributed by atoms with Gasteiger partial charge >= 0.3 is 0 Å². The van der Waals surface area contributed by atoms with E-state index in [1.165, 1.54) is 19.3 Å². The summed E-state index contributed by atoms with van der Waals surface area (Å²) in [5.74, 6) is 4.57. The topological polar surface area (TPSA) is 184 Å². The van der Waals surface area contributed by atoms with Gasteiger partial charge in [-0.25, -0.2) is 9.26 Å². The van der Waals surface area contributed by atoms with E-state index in [2.05, 4.69) is 58.6 Å². The number of aryl methyl sites for hydroxylation is 2. The summed E-state index contributed by atoms with van der Waals surface area (Å²) >= 11 is 0. The Kier molecular flexibility index (Phi) is 6.35. The summed E-state index contributed by atoms with van der Waals surface area (Å²) in [6.45, 7) is 9.51. The van der Waals surface area contributed by atoms with Crippen LogP contribution < -0.4 is 9.81 Å². The Labute approximate surface area is 301 Å². The fourth-order valence-electron chi connectivity index (χ4n) is 14.8. The zero-order chi connectivity index (χ0) is 35.4. The highest BCUT2D eigenvalue weighted by Crippen LogP contribution is 2.68. The first-order valence-electron chi connectivity index (χ1n) is 19.9. The summed E-state index contributed by atoms with van der Waals surface area (Å²) < 4.78 is 20.0. The summed E-state index contributed by atoms with van der Waals surface area (Å²) in [6.07, 6.45) is 15.1. The average molecular weight is 713 g/mol. The third-order valence-corrected chi connectivity index (χ3v) is 17.4. The van der Waals surface area contributed by atoms with Gasteiger partial charge in [0.25, 0.3) is 0 Å². The molecule has 8 aliphatic rings. The molecule has 4 heterocycles. The number of hydrogen-bond acceptors (Lipinski definition) is 12. The molecule has 0 N–H and O–H groups in total. The molecule has 0 aliphatic heterocycles. The molecule has 4 aromatic rings. The van der Waals surface area contributed by atoms with Gasteiger partial charge in [0.1, 0.15) is 22.8 Å². The fourth-order valence-corrected chi connectivity index (χ4v) is 14.8. The van der Waals surface area contributed by atoms with Gasteiger partial charge in [-0.05, 0) is 133 Å². The summed E-state index contributed by atoms with van der Waals surface area (Å²) in [7, 11) is 0. The van der Waals surface area contributed by atoms with Gasteiger partial charge in [0.05, 0.1) is 0 Å². The molecule has 8 aliphatic carbocycles. The van der Waals surface area contributed by atoms with Crippen molar-refractivity contribution in [2.24, 2.45) is 46.3 Å². The van der Waals surface area contributed by atoms with E-state index in [4.69, 9.17) is 18.5 Å². The quantitative estimate of drug-likeness (QED) is 0.213. The lowest BCUT2D eigenvalue weighted by molar-refractivity contribution is -0.810. The minimum Gasteiger partial charge on any atom is -0.359 e.